The van der Waals surface area contributed by atoms with Crippen LogP contribution in [0, 0.1) is 35.4 Å². The van der Waals surface area contributed by atoms with Crippen LogP contribution in [0.5, 0.6) is 0 Å². The Bertz CT molecular complexity index is 1350. The standard InChI is InChI=1S/C25H19FN2O3S2/c26-12-8-6-11(7-9-12)16-17-14-10-15(20(17)32-22-21(16)33-25(31)27-22)19-18(14)23(29)28(24(19)30)13-4-2-1-3-5-13/h1-9,14-20H,10H2,(H,27,31)/t14?,15?,16-,17?,18?,19?,20?/m1/s1. The van der Waals surface area contributed by atoms with Crippen LogP contribution in [0.1, 0.15) is 22.8 Å². The number of hydrogen-bond acceptors (Lipinski definition) is 5. The molecule has 2 aliphatic carbocycles. The summed E-state index contributed by atoms with van der Waals surface area (Å²) in [6.07, 6.45) is 0.842. The minimum atomic E-state index is -0.329. The van der Waals surface area contributed by atoms with Gasteiger partial charge in [-0.2, -0.15) is 0 Å². The Morgan fingerprint density at radius 1 is 0.909 bits per heavy atom. The van der Waals surface area contributed by atoms with E-state index in [2.05, 4.69) is 4.98 Å². The van der Waals surface area contributed by atoms with E-state index < -0.39 is 0 Å². The van der Waals surface area contributed by atoms with E-state index in [0.29, 0.717) is 5.69 Å². The highest BCUT2D eigenvalue weighted by molar-refractivity contribution is 8.00. The van der Waals surface area contributed by atoms with E-state index in [1.54, 1.807) is 23.9 Å². The van der Waals surface area contributed by atoms with Crippen LogP contribution >= 0.6 is 23.1 Å². The van der Waals surface area contributed by atoms with E-state index >= 15 is 0 Å². The first-order valence-corrected chi connectivity index (χ1v) is 12.8. The number of thiazole rings is 1. The number of carbonyl (C=O) groups excluding carboxylic acids is 2. The van der Waals surface area contributed by atoms with E-state index in [0.717, 1.165) is 21.9 Å². The Morgan fingerprint density at radius 2 is 1.61 bits per heavy atom. The Kier molecular flexibility index (Phi) is 4.13. The zero-order valence-corrected chi connectivity index (χ0v) is 18.9. The van der Waals surface area contributed by atoms with Crippen molar-refractivity contribution >= 4 is 40.6 Å². The van der Waals surface area contributed by atoms with Crippen molar-refractivity contribution in [3.05, 3.63) is 80.5 Å². The maximum Gasteiger partial charge on any atom is 0.305 e. The molecule has 4 aliphatic rings. The van der Waals surface area contributed by atoms with Gasteiger partial charge in [-0.25, -0.2) is 4.39 Å². The zero-order valence-electron chi connectivity index (χ0n) is 17.3. The van der Waals surface area contributed by atoms with Crippen LogP contribution in [-0.2, 0) is 9.59 Å². The van der Waals surface area contributed by atoms with Crippen LogP contribution < -0.4 is 9.77 Å². The van der Waals surface area contributed by atoms with Crippen molar-refractivity contribution in [1.29, 1.82) is 0 Å². The number of amides is 2. The molecule has 3 aromatic rings. The quantitative estimate of drug-likeness (QED) is 0.559. The topological polar surface area (TPSA) is 70.2 Å². The molecule has 2 amide bonds. The molecule has 2 aromatic carbocycles. The second-order valence-corrected chi connectivity index (χ2v) is 11.6. The number of nitrogens with one attached hydrogen (secondary N) is 1. The molecule has 0 radical (unpaired) electrons. The number of aromatic amines is 1. The number of carbonyl (C=O) groups is 2. The lowest BCUT2D eigenvalue weighted by Crippen LogP contribution is -2.42. The normalized spacial score (nSPS) is 33.8. The summed E-state index contributed by atoms with van der Waals surface area (Å²) in [6.45, 7) is 0. The Balaban J connectivity index is 1.34. The summed E-state index contributed by atoms with van der Waals surface area (Å²) >= 11 is 2.87. The lowest BCUT2D eigenvalue weighted by Gasteiger charge is -2.43. The van der Waals surface area contributed by atoms with Crippen LogP contribution in [0.25, 0.3) is 0 Å². The number of nitrogens with zero attached hydrogens (tertiary/aromatic N) is 1. The number of hydrogen-bond donors (Lipinski definition) is 1. The predicted octanol–water partition coefficient (Wildman–Crippen LogP) is 4.25. The number of anilines is 1. The third-order valence-corrected chi connectivity index (χ3v) is 10.6. The summed E-state index contributed by atoms with van der Waals surface area (Å²) in [5.74, 6) is -0.946. The number of H-pyrrole nitrogens is 1. The zero-order chi connectivity index (χ0) is 22.4. The van der Waals surface area contributed by atoms with Gasteiger partial charge in [0.1, 0.15) is 5.82 Å². The molecule has 1 saturated heterocycles. The van der Waals surface area contributed by atoms with Gasteiger partial charge in [-0.05, 0) is 54.0 Å². The first-order chi connectivity index (χ1) is 16.0. The van der Waals surface area contributed by atoms with Gasteiger partial charge in [-0.15, -0.1) is 11.8 Å². The number of imide groups is 1. The number of halogens is 1. The Hall–Kier alpha value is -2.71. The minimum absolute atomic E-state index is 0.0584. The van der Waals surface area contributed by atoms with Crippen LogP contribution in [0.4, 0.5) is 10.1 Å². The molecular formula is C25H19FN2O3S2. The van der Waals surface area contributed by atoms with Gasteiger partial charge in [0.2, 0.25) is 11.8 Å². The highest BCUT2D eigenvalue weighted by Gasteiger charge is 2.69. The van der Waals surface area contributed by atoms with Gasteiger partial charge in [-0.3, -0.25) is 19.3 Å². The largest absolute Gasteiger partial charge is 0.307 e. The molecule has 7 atom stereocenters. The minimum Gasteiger partial charge on any atom is -0.307 e. The fraction of sp³-hybridized carbons (Fsp3) is 0.320. The van der Waals surface area contributed by atoms with Gasteiger partial charge in [0.15, 0.2) is 0 Å². The molecule has 0 spiro atoms. The molecule has 2 bridgehead atoms. The molecule has 5 nitrogen and oxygen atoms in total. The lowest BCUT2D eigenvalue weighted by atomic mass is 9.68. The van der Waals surface area contributed by atoms with Gasteiger partial charge >= 0.3 is 4.87 Å². The fourth-order valence-corrected chi connectivity index (χ4v) is 9.78. The van der Waals surface area contributed by atoms with Crippen LogP contribution in [0.15, 0.2) is 64.4 Å². The average molecular weight is 479 g/mol. The monoisotopic (exact) mass is 478 g/mol. The molecule has 33 heavy (non-hydrogen) atoms. The van der Waals surface area contributed by atoms with E-state index in [9.17, 15) is 18.8 Å². The van der Waals surface area contributed by atoms with Crippen molar-refractivity contribution < 1.29 is 14.0 Å². The molecule has 2 saturated carbocycles. The Labute approximate surface area is 197 Å². The number of para-hydroxylation sites is 1. The molecule has 6 unspecified atom stereocenters. The summed E-state index contributed by atoms with van der Waals surface area (Å²) < 4.78 is 13.7. The van der Waals surface area contributed by atoms with Gasteiger partial charge in [-0.1, -0.05) is 41.7 Å². The number of aromatic nitrogens is 1. The molecule has 1 aromatic heterocycles. The summed E-state index contributed by atoms with van der Waals surface area (Å²) in [5.41, 5.74) is 1.60. The lowest BCUT2D eigenvalue weighted by molar-refractivity contribution is -0.123. The van der Waals surface area contributed by atoms with E-state index in [1.165, 1.54) is 28.4 Å². The van der Waals surface area contributed by atoms with E-state index in [-0.39, 0.29) is 63.3 Å². The number of benzene rings is 2. The van der Waals surface area contributed by atoms with E-state index in [4.69, 9.17) is 0 Å². The van der Waals surface area contributed by atoms with Crippen LogP contribution in [0.2, 0.25) is 0 Å². The van der Waals surface area contributed by atoms with Crippen molar-refractivity contribution in [1.82, 2.24) is 4.98 Å². The highest BCUT2D eigenvalue weighted by atomic mass is 32.2. The maximum absolute atomic E-state index is 13.7. The van der Waals surface area contributed by atoms with Crippen molar-refractivity contribution in [3.8, 4) is 0 Å². The second kappa shape index (κ2) is 6.90. The summed E-state index contributed by atoms with van der Waals surface area (Å²) in [4.78, 5) is 44.6. The number of thioether (sulfide) groups is 1. The average Bonchev–Trinajstić information content (AvgIpc) is 3.54. The summed E-state index contributed by atoms with van der Waals surface area (Å²) in [7, 11) is 0. The van der Waals surface area contributed by atoms with Crippen molar-refractivity contribution in [2.45, 2.75) is 22.6 Å². The van der Waals surface area contributed by atoms with E-state index in [1.807, 2.05) is 30.3 Å². The summed E-state index contributed by atoms with van der Waals surface area (Å²) in [5, 5.41) is 0.998. The molecule has 2 aliphatic heterocycles. The first kappa shape index (κ1) is 19.7. The smallest absolute Gasteiger partial charge is 0.305 e. The molecular weight excluding hydrogens is 459 g/mol. The maximum atomic E-state index is 13.7. The van der Waals surface area contributed by atoms with Gasteiger partial charge < -0.3 is 4.98 Å². The third kappa shape index (κ3) is 2.62. The van der Waals surface area contributed by atoms with Gasteiger partial charge in [0, 0.05) is 16.0 Å². The molecule has 7 rings (SSSR count). The van der Waals surface area contributed by atoms with Crippen LogP contribution in [-0.4, -0.2) is 22.0 Å². The molecule has 3 fully saturated rings. The SMILES string of the molecule is O=C1C2C3CC(C2C(=O)N1c1ccccc1)C1C3Sc2[nH]c(=O)sc2[C@@H]1c1ccc(F)cc1. The predicted molar refractivity (Wildman–Crippen MR) is 124 cm³/mol. The van der Waals surface area contributed by atoms with Gasteiger partial charge in [0.05, 0.1) is 22.5 Å². The van der Waals surface area contributed by atoms with Gasteiger partial charge in [0.25, 0.3) is 0 Å². The number of fused-ring (bicyclic) bond motifs is 9. The first-order valence-electron chi connectivity index (χ1n) is 11.1. The van der Waals surface area contributed by atoms with Crippen LogP contribution in [0.3, 0.4) is 0 Å². The number of rotatable bonds is 2. The molecule has 166 valence electrons. The van der Waals surface area contributed by atoms with Crippen molar-refractivity contribution in [2.75, 3.05) is 4.90 Å². The molecule has 1 N–H and O–H groups in total. The Morgan fingerprint density at radius 3 is 2.33 bits per heavy atom. The molecule has 3 heterocycles. The summed E-state index contributed by atoms with van der Waals surface area (Å²) in [6, 6.07) is 15.7. The fourth-order valence-electron chi connectivity index (χ4n) is 6.89. The second-order valence-electron chi connectivity index (χ2n) is 9.36. The highest BCUT2D eigenvalue weighted by Crippen LogP contribution is 2.68. The molecule has 8 heteroatoms. The van der Waals surface area contributed by atoms with Crippen molar-refractivity contribution in [3.63, 3.8) is 0 Å². The van der Waals surface area contributed by atoms with Crippen molar-refractivity contribution in [2.24, 2.45) is 29.6 Å². The third-order valence-electron chi connectivity index (χ3n) is 7.97.